The van der Waals surface area contributed by atoms with Crippen LogP contribution in [-0.2, 0) is 11.3 Å². The fraction of sp³-hybridized carbons (Fsp3) is 0.462. The van der Waals surface area contributed by atoms with E-state index in [1.54, 1.807) is 4.90 Å². The second-order valence-electron chi connectivity index (χ2n) is 4.71. The van der Waals surface area contributed by atoms with Gasteiger partial charge in [0.15, 0.2) is 0 Å². The Morgan fingerprint density at radius 3 is 2.24 bits per heavy atom. The molecule has 0 radical (unpaired) electrons. The molecular weight excluding hydrogens is 216 g/mol. The second-order valence-corrected chi connectivity index (χ2v) is 4.71. The number of rotatable bonds is 4. The zero-order chi connectivity index (χ0) is 12.1. The monoisotopic (exact) mass is 235 g/mol. The largest absolute Gasteiger partial charge is 0.544 e. The zero-order valence-electron chi connectivity index (χ0n) is 9.95. The van der Waals surface area contributed by atoms with Gasteiger partial charge in [0.05, 0.1) is 5.97 Å². The van der Waals surface area contributed by atoms with E-state index >= 15 is 0 Å². The number of aliphatic carboxylic acids is 1. The molecule has 1 fully saturated rings. The van der Waals surface area contributed by atoms with Crippen LogP contribution < -0.4 is 14.9 Å². The van der Waals surface area contributed by atoms with E-state index in [1.807, 2.05) is 6.07 Å². The van der Waals surface area contributed by atoms with Gasteiger partial charge >= 0.3 is 0 Å². The Kier molecular flexibility index (Phi) is 4.12. The number of carboxylic acids is 1. The molecule has 1 aromatic carbocycles. The molecule has 0 unspecified atom stereocenters. The summed E-state index contributed by atoms with van der Waals surface area (Å²) in [6.45, 7) is 5.12. The van der Waals surface area contributed by atoms with Crippen molar-refractivity contribution in [2.75, 3.05) is 32.7 Å². The van der Waals surface area contributed by atoms with Crippen LogP contribution in [0.5, 0.6) is 0 Å². The number of hydrogen-bond acceptors (Lipinski definition) is 2. The summed E-state index contributed by atoms with van der Waals surface area (Å²) in [4.78, 5) is 13.2. The Hall–Kier alpha value is -1.39. The van der Waals surface area contributed by atoms with Crippen molar-refractivity contribution < 1.29 is 19.7 Å². The van der Waals surface area contributed by atoms with E-state index in [9.17, 15) is 9.90 Å². The zero-order valence-corrected chi connectivity index (χ0v) is 9.95. The molecule has 1 aliphatic heterocycles. The lowest BCUT2D eigenvalue weighted by Crippen LogP contribution is -3.28. The van der Waals surface area contributed by atoms with E-state index in [2.05, 4.69) is 24.3 Å². The lowest BCUT2D eigenvalue weighted by atomic mass is 10.2. The molecule has 92 valence electrons. The summed E-state index contributed by atoms with van der Waals surface area (Å²) < 4.78 is 0. The molecule has 0 amide bonds. The third-order valence-corrected chi connectivity index (χ3v) is 3.36. The summed E-state index contributed by atoms with van der Waals surface area (Å²) in [7, 11) is 0. The number of carboxylic acid groups (broad SMARTS) is 1. The average molecular weight is 235 g/mol. The first-order valence-electron chi connectivity index (χ1n) is 6.15. The first-order valence-corrected chi connectivity index (χ1v) is 6.15. The topological polar surface area (TPSA) is 49.0 Å². The van der Waals surface area contributed by atoms with Crippen LogP contribution in [0.2, 0.25) is 0 Å². The van der Waals surface area contributed by atoms with E-state index in [0.29, 0.717) is 0 Å². The van der Waals surface area contributed by atoms with Crippen LogP contribution in [0.4, 0.5) is 0 Å². The summed E-state index contributed by atoms with van der Waals surface area (Å²) in [5.41, 5.74) is 1.35. The highest BCUT2D eigenvalue weighted by atomic mass is 16.4. The minimum Gasteiger partial charge on any atom is -0.544 e. The number of nitrogens with one attached hydrogen (secondary N) is 2. The van der Waals surface area contributed by atoms with Crippen molar-refractivity contribution in [1.29, 1.82) is 0 Å². The normalized spacial score (nSPS) is 24.5. The first kappa shape index (κ1) is 12.1. The minimum atomic E-state index is -0.938. The third-order valence-electron chi connectivity index (χ3n) is 3.36. The molecule has 0 aromatic heterocycles. The molecule has 1 heterocycles. The predicted octanol–water partition coefficient (Wildman–Crippen LogP) is -3.28. The van der Waals surface area contributed by atoms with E-state index in [1.165, 1.54) is 5.56 Å². The molecule has 0 bridgehead atoms. The number of carbonyl (C=O) groups excluding carboxylic acids is 1. The van der Waals surface area contributed by atoms with Crippen LogP contribution in [0.25, 0.3) is 0 Å². The summed E-state index contributed by atoms with van der Waals surface area (Å²) in [5.74, 6) is -0.938. The molecule has 1 aromatic rings. The van der Waals surface area contributed by atoms with Crippen molar-refractivity contribution >= 4 is 5.97 Å². The van der Waals surface area contributed by atoms with Crippen LogP contribution in [-0.4, -0.2) is 38.7 Å². The molecule has 2 rings (SSSR count). The SMILES string of the molecule is O=C([O-])C[NH+]1CC[NH+](Cc2ccccc2)CC1. The standard InChI is InChI=1S/C13H18N2O2/c16-13(17)11-15-8-6-14(7-9-15)10-12-4-2-1-3-5-12/h1-5H,6-11H2,(H,16,17)/p+1. The molecule has 0 aliphatic carbocycles. The number of quaternary nitrogens is 2. The highest BCUT2D eigenvalue weighted by molar-refractivity contribution is 5.65. The molecule has 0 spiro atoms. The van der Waals surface area contributed by atoms with Gasteiger partial charge in [0.25, 0.3) is 0 Å². The Bertz CT molecular complexity index is 359. The van der Waals surface area contributed by atoms with Gasteiger partial charge in [-0.15, -0.1) is 0 Å². The second kappa shape index (κ2) is 5.80. The third kappa shape index (κ3) is 3.84. The van der Waals surface area contributed by atoms with Crippen molar-refractivity contribution in [3.8, 4) is 0 Å². The summed E-state index contributed by atoms with van der Waals surface area (Å²) in [5, 5.41) is 10.5. The van der Waals surface area contributed by atoms with Gasteiger partial charge in [-0.05, 0) is 0 Å². The van der Waals surface area contributed by atoms with Gasteiger partial charge in [-0.2, -0.15) is 0 Å². The van der Waals surface area contributed by atoms with Crippen molar-refractivity contribution in [3.63, 3.8) is 0 Å². The summed E-state index contributed by atoms with van der Waals surface area (Å²) in [6, 6.07) is 10.4. The maximum absolute atomic E-state index is 10.5. The van der Waals surface area contributed by atoms with E-state index < -0.39 is 5.97 Å². The smallest absolute Gasteiger partial charge is 0.127 e. The Morgan fingerprint density at radius 2 is 1.65 bits per heavy atom. The molecule has 1 aliphatic rings. The van der Waals surface area contributed by atoms with Crippen LogP contribution >= 0.6 is 0 Å². The molecule has 2 N–H and O–H groups in total. The van der Waals surface area contributed by atoms with Gasteiger partial charge < -0.3 is 19.7 Å². The van der Waals surface area contributed by atoms with Crippen LogP contribution in [0, 0.1) is 0 Å². The van der Waals surface area contributed by atoms with Crippen LogP contribution in [0.3, 0.4) is 0 Å². The van der Waals surface area contributed by atoms with Gasteiger partial charge in [0, 0.05) is 5.56 Å². The van der Waals surface area contributed by atoms with E-state index in [4.69, 9.17) is 0 Å². The molecule has 4 heteroatoms. The van der Waals surface area contributed by atoms with Gasteiger partial charge in [-0.3, -0.25) is 0 Å². The van der Waals surface area contributed by atoms with E-state index in [-0.39, 0.29) is 6.54 Å². The molecule has 0 saturated carbocycles. The number of piperazine rings is 1. The Balaban J connectivity index is 1.78. The van der Waals surface area contributed by atoms with Crippen molar-refractivity contribution in [3.05, 3.63) is 35.9 Å². The fourth-order valence-electron chi connectivity index (χ4n) is 2.40. The summed E-state index contributed by atoms with van der Waals surface area (Å²) in [6.07, 6.45) is 0. The fourth-order valence-corrected chi connectivity index (χ4v) is 2.40. The van der Waals surface area contributed by atoms with Crippen molar-refractivity contribution in [2.45, 2.75) is 6.54 Å². The molecule has 0 atom stereocenters. The van der Waals surface area contributed by atoms with Gasteiger partial charge in [0.2, 0.25) is 0 Å². The van der Waals surface area contributed by atoms with Crippen LogP contribution in [0.15, 0.2) is 30.3 Å². The van der Waals surface area contributed by atoms with Crippen molar-refractivity contribution in [1.82, 2.24) is 0 Å². The highest BCUT2D eigenvalue weighted by Gasteiger charge is 2.22. The average Bonchev–Trinajstić information content (AvgIpc) is 2.32. The maximum Gasteiger partial charge on any atom is 0.127 e. The molecule has 17 heavy (non-hydrogen) atoms. The minimum absolute atomic E-state index is 0.151. The molecule has 1 saturated heterocycles. The molecule has 4 nitrogen and oxygen atoms in total. The highest BCUT2D eigenvalue weighted by Crippen LogP contribution is 1.94. The van der Waals surface area contributed by atoms with Gasteiger partial charge in [-0.25, -0.2) is 0 Å². The number of hydrogen-bond donors (Lipinski definition) is 2. The molecular formula is C13H19N2O2+. The Labute approximate surface area is 101 Å². The predicted molar refractivity (Wildman–Crippen MR) is 61.4 cm³/mol. The van der Waals surface area contributed by atoms with Crippen LogP contribution in [0.1, 0.15) is 5.56 Å². The van der Waals surface area contributed by atoms with Gasteiger partial charge in [0.1, 0.15) is 39.3 Å². The van der Waals surface area contributed by atoms with Crippen molar-refractivity contribution in [2.24, 2.45) is 0 Å². The number of benzene rings is 1. The Morgan fingerprint density at radius 1 is 1.06 bits per heavy atom. The lowest BCUT2D eigenvalue weighted by Gasteiger charge is -2.29. The van der Waals surface area contributed by atoms with E-state index in [0.717, 1.165) is 37.6 Å². The number of carbonyl (C=O) groups is 1. The quantitative estimate of drug-likeness (QED) is 0.575. The maximum atomic E-state index is 10.5. The summed E-state index contributed by atoms with van der Waals surface area (Å²) >= 11 is 0. The lowest BCUT2D eigenvalue weighted by molar-refractivity contribution is -1.02. The van der Waals surface area contributed by atoms with Gasteiger partial charge in [-0.1, -0.05) is 30.3 Å². The first-order chi connectivity index (χ1) is 8.24.